The highest BCUT2D eigenvalue weighted by molar-refractivity contribution is 9.09. The number of nitrogens with zero attached hydrogens (tertiary/aromatic N) is 1. The number of fused-ring (bicyclic) bond motifs is 1. The van der Waals surface area contributed by atoms with E-state index in [1.54, 1.807) is 16.7 Å². The maximum atomic E-state index is 13.7. The van der Waals surface area contributed by atoms with Crippen LogP contribution in [0.15, 0.2) is 30.3 Å². The first-order valence-electron chi connectivity index (χ1n) is 11.7. The zero-order valence-electron chi connectivity index (χ0n) is 19.0. The molecule has 3 heterocycles. The highest BCUT2D eigenvalue weighted by Gasteiger charge is 2.75. The first-order valence-corrected chi connectivity index (χ1v) is 13.4. The Bertz CT molecular complexity index is 901. The van der Waals surface area contributed by atoms with Crippen molar-refractivity contribution in [2.75, 3.05) is 13.2 Å². The van der Waals surface area contributed by atoms with Crippen LogP contribution in [0.2, 0.25) is 0 Å². The Kier molecular flexibility index (Phi) is 7.41. The first-order chi connectivity index (χ1) is 15.8. The second-order valence-electron chi connectivity index (χ2n) is 9.49. The highest BCUT2D eigenvalue weighted by atomic mass is 79.9. The van der Waals surface area contributed by atoms with Gasteiger partial charge in [0, 0.05) is 35.8 Å². The second-order valence-corrected chi connectivity index (χ2v) is 12.2. The van der Waals surface area contributed by atoms with Crippen LogP contribution in [-0.2, 0) is 20.9 Å². The smallest absolute Gasteiger partial charge is 0.244 e. The van der Waals surface area contributed by atoms with Gasteiger partial charge in [0.15, 0.2) is 0 Å². The van der Waals surface area contributed by atoms with Crippen LogP contribution < -0.4 is 10.6 Å². The van der Waals surface area contributed by atoms with Gasteiger partial charge in [0.25, 0.3) is 0 Å². The number of halogens is 1. The van der Waals surface area contributed by atoms with Crippen LogP contribution in [0.25, 0.3) is 0 Å². The largest absolute Gasteiger partial charge is 0.396 e. The van der Waals surface area contributed by atoms with Crippen LogP contribution in [0, 0.1) is 11.8 Å². The van der Waals surface area contributed by atoms with E-state index in [0.29, 0.717) is 32.4 Å². The van der Waals surface area contributed by atoms with Crippen LogP contribution in [-0.4, -0.2) is 67.8 Å². The van der Waals surface area contributed by atoms with Gasteiger partial charge >= 0.3 is 0 Å². The van der Waals surface area contributed by atoms with Crippen LogP contribution in [0.5, 0.6) is 0 Å². The third-order valence-electron chi connectivity index (χ3n) is 6.89. The molecule has 1 aromatic rings. The summed E-state index contributed by atoms with van der Waals surface area (Å²) in [5.41, 5.74) is 1.00. The summed E-state index contributed by atoms with van der Waals surface area (Å²) in [6.45, 7) is 4.68. The summed E-state index contributed by atoms with van der Waals surface area (Å²) in [5, 5.41) is 15.2. The molecule has 3 saturated heterocycles. The van der Waals surface area contributed by atoms with Crippen LogP contribution in [0.3, 0.4) is 0 Å². The summed E-state index contributed by atoms with van der Waals surface area (Å²) >= 11 is 5.41. The molecule has 0 radical (unpaired) electrons. The zero-order chi connectivity index (χ0) is 23.8. The number of rotatable bonds is 9. The lowest BCUT2D eigenvalue weighted by Gasteiger charge is -2.35. The molecule has 1 spiro atoms. The molecule has 7 nitrogen and oxygen atoms in total. The maximum absolute atomic E-state index is 13.7. The first kappa shape index (κ1) is 24.5. The van der Waals surface area contributed by atoms with Gasteiger partial charge in [0.1, 0.15) is 6.04 Å². The Hall–Kier alpha value is -1.58. The summed E-state index contributed by atoms with van der Waals surface area (Å²) < 4.78 is -0.622. The van der Waals surface area contributed by atoms with Gasteiger partial charge in [0.05, 0.1) is 16.6 Å². The number of carbonyl (C=O) groups excluding carboxylic acids is 3. The van der Waals surface area contributed by atoms with Crippen molar-refractivity contribution in [3.8, 4) is 0 Å². The highest BCUT2D eigenvalue weighted by Crippen LogP contribution is 2.67. The maximum Gasteiger partial charge on any atom is 0.244 e. The molecule has 3 amide bonds. The molecule has 3 aliphatic rings. The number of alkyl halides is 1. The quantitative estimate of drug-likeness (QED) is 0.331. The van der Waals surface area contributed by atoms with Crippen LogP contribution in [0.1, 0.15) is 38.7 Å². The number of unbranched alkanes of at least 4 members (excludes halogenated alkanes) is 1. The van der Waals surface area contributed by atoms with E-state index in [-0.39, 0.29) is 40.4 Å². The lowest BCUT2D eigenvalue weighted by Crippen LogP contribution is -2.55. The normalized spacial score (nSPS) is 32.3. The Morgan fingerprint density at radius 1 is 1.24 bits per heavy atom. The molecule has 1 aromatic carbocycles. The van der Waals surface area contributed by atoms with Gasteiger partial charge in [-0.2, -0.15) is 0 Å². The second kappa shape index (κ2) is 9.96. The van der Waals surface area contributed by atoms with E-state index in [1.807, 2.05) is 44.2 Å². The molecule has 3 N–H and O–H groups in total. The molecule has 3 fully saturated rings. The molecule has 4 rings (SSSR count). The number of hydrogen-bond acceptors (Lipinski definition) is 5. The number of nitrogens with one attached hydrogen (secondary N) is 2. The molecule has 0 aliphatic carbocycles. The van der Waals surface area contributed by atoms with E-state index >= 15 is 0 Å². The summed E-state index contributed by atoms with van der Waals surface area (Å²) in [6, 6.07) is 9.05. The predicted molar refractivity (Wildman–Crippen MR) is 132 cm³/mol. The molecule has 9 heteroatoms. The average Bonchev–Trinajstić information content (AvgIpc) is 3.36. The van der Waals surface area contributed by atoms with Gasteiger partial charge in [-0.3, -0.25) is 14.4 Å². The predicted octanol–water partition coefficient (Wildman–Crippen LogP) is 2.06. The minimum atomic E-state index is -0.622. The van der Waals surface area contributed by atoms with Gasteiger partial charge in [-0.05, 0) is 38.7 Å². The van der Waals surface area contributed by atoms with Crippen molar-refractivity contribution >= 4 is 45.4 Å². The fourth-order valence-corrected chi connectivity index (χ4v) is 9.24. The van der Waals surface area contributed by atoms with Gasteiger partial charge < -0.3 is 20.6 Å². The van der Waals surface area contributed by atoms with Crippen LogP contribution in [0.4, 0.5) is 0 Å². The van der Waals surface area contributed by atoms with Crippen molar-refractivity contribution in [3.63, 3.8) is 0 Å². The molecule has 33 heavy (non-hydrogen) atoms. The molecule has 3 unspecified atom stereocenters. The Labute approximate surface area is 207 Å². The van der Waals surface area contributed by atoms with Crippen molar-refractivity contribution in [2.24, 2.45) is 11.8 Å². The number of aliphatic hydroxyl groups excluding tert-OH is 1. The van der Waals surface area contributed by atoms with Gasteiger partial charge in [-0.1, -0.05) is 46.3 Å². The summed E-state index contributed by atoms with van der Waals surface area (Å²) in [5.74, 6) is -1.38. The lowest BCUT2D eigenvalue weighted by molar-refractivity contribution is -0.140. The Morgan fingerprint density at radius 2 is 1.97 bits per heavy atom. The minimum Gasteiger partial charge on any atom is -0.396 e. The molecule has 2 bridgehead atoms. The number of carbonyl (C=O) groups is 3. The molecule has 6 atom stereocenters. The summed E-state index contributed by atoms with van der Waals surface area (Å²) in [7, 11) is 0. The van der Waals surface area contributed by atoms with Gasteiger partial charge in [-0.25, -0.2) is 0 Å². The van der Waals surface area contributed by atoms with E-state index < -0.39 is 22.6 Å². The van der Waals surface area contributed by atoms with Crippen molar-refractivity contribution < 1.29 is 19.5 Å². The number of aliphatic hydroxyl groups is 1. The third kappa shape index (κ3) is 4.44. The monoisotopic (exact) mass is 537 g/mol. The third-order valence-corrected chi connectivity index (χ3v) is 10.1. The van der Waals surface area contributed by atoms with Gasteiger partial charge in [0.2, 0.25) is 17.7 Å². The van der Waals surface area contributed by atoms with E-state index in [0.717, 1.165) is 5.56 Å². The number of hydrogen-bond donors (Lipinski definition) is 3. The topological polar surface area (TPSA) is 98.7 Å². The van der Waals surface area contributed by atoms with Gasteiger partial charge in [-0.15, -0.1) is 11.8 Å². The summed E-state index contributed by atoms with van der Waals surface area (Å²) in [6.07, 6.45) is 1.86. The van der Waals surface area contributed by atoms with E-state index in [1.165, 1.54) is 0 Å². The van der Waals surface area contributed by atoms with E-state index in [4.69, 9.17) is 0 Å². The van der Waals surface area contributed by atoms with Crippen LogP contribution >= 0.6 is 27.7 Å². The SMILES string of the molecule is CC(C)NC(=O)C1N(CCCCO)C(=O)[C@@H]2[C@H](C(=O)NCc3ccccc3)[C@H]3SC12CC3Br. The Morgan fingerprint density at radius 3 is 2.64 bits per heavy atom. The lowest BCUT2D eigenvalue weighted by atomic mass is 9.70. The number of benzene rings is 1. The minimum absolute atomic E-state index is 0.0457. The van der Waals surface area contributed by atoms with Crippen molar-refractivity contribution in [3.05, 3.63) is 35.9 Å². The average molecular weight is 539 g/mol. The number of likely N-dealkylation sites (tertiary alicyclic amines) is 1. The van der Waals surface area contributed by atoms with E-state index in [2.05, 4.69) is 26.6 Å². The molecule has 180 valence electrons. The van der Waals surface area contributed by atoms with Crippen molar-refractivity contribution in [1.82, 2.24) is 15.5 Å². The Balaban J connectivity index is 1.61. The fraction of sp³-hybridized carbons (Fsp3) is 0.625. The fourth-order valence-electron chi connectivity index (χ4n) is 5.63. The van der Waals surface area contributed by atoms with E-state index in [9.17, 15) is 19.5 Å². The zero-order valence-corrected chi connectivity index (χ0v) is 21.4. The molecule has 0 saturated carbocycles. The number of amides is 3. The molecule has 3 aliphatic heterocycles. The molecular weight excluding hydrogens is 506 g/mol. The summed E-state index contributed by atoms with van der Waals surface area (Å²) in [4.78, 5) is 42.3. The molecule has 0 aromatic heterocycles. The van der Waals surface area contributed by atoms with Crippen molar-refractivity contribution in [2.45, 2.75) is 66.6 Å². The number of thioether (sulfide) groups is 1. The molecular formula is C24H32BrN3O4S. The standard InChI is InChI=1S/C24H32BrN3O4S/c1-14(2)27-22(31)20-24-12-16(25)19(33-24)17(18(24)23(32)28(20)10-6-7-11-29)21(30)26-13-15-8-4-3-5-9-15/h3-5,8-9,14,16-20,29H,6-7,10-13H2,1-2H3,(H,26,30)(H,27,31)/t16?,17-,18-,19-,20?,24?/m0/s1. The van der Waals surface area contributed by atoms with Crippen molar-refractivity contribution in [1.29, 1.82) is 0 Å².